The molecule has 0 fully saturated rings. The van der Waals surface area contributed by atoms with E-state index in [1.54, 1.807) is 6.92 Å². The maximum Gasteiger partial charge on any atom is 0.336 e. The number of fused-ring (bicyclic) bond motifs is 1. The van der Waals surface area contributed by atoms with E-state index in [-0.39, 0.29) is 4.90 Å². The van der Waals surface area contributed by atoms with E-state index < -0.39 is 21.7 Å². The molecule has 0 bridgehead atoms. The van der Waals surface area contributed by atoms with Crippen LogP contribution in [0.25, 0.3) is 11.0 Å². The molecule has 1 atom stereocenters. The summed E-state index contributed by atoms with van der Waals surface area (Å²) < 4.78 is 33.7. The van der Waals surface area contributed by atoms with Crippen molar-refractivity contribution in [3.05, 3.63) is 75.1 Å². The molecule has 124 valence electrons. The smallest absolute Gasteiger partial charge is 0.336 e. The van der Waals surface area contributed by atoms with Crippen LogP contribution in [0, 0.1) is 0 Å². The SMILES string of the molecule is CC(NS(=O)(=O)c1ccc2oc(=O)ccc2c1)c1cccc(Br)c1. The molecule has 1 unspecified atom stereocenters. The van der Waals surface area contributed by atoms with Crippen molar-refractivity contribution < 1.29 is 12.8 Å². The first-order chi connectivity index (χ1) is 11.3. The fourth-order valence-corrected chi connectivity index (χ4v) is 4.05. The first-order valence-corrected chi connectivity index (χ1v) is 9.44. The Labute approximate surface area is 147 Å². The van der Waals surface area contributed by atoms with Gasteiger partial charge in [0, 0.05) is 22.0 Å². The Morgan fingerprint density at radius 2 is 1.88 bits per heavy atom. The van der Waals surface area contributed by atoms with E-state index in [1.807, 2.05) is 24.3 Å². The molecular formula is C17H14BrNO4S. The topological polar surface area (TPSA) is 76.4 Å². The highest BCUT2D eigenvalue weighted by Crippen LogP contribution is 2.22. The summed E-state index contributed by atoms with van der Waals surface area (Å²) in [6.45, 7) is 1.78. The van der Waals surface area contributed by atoms with Gasteiger partial charge in [-0.15, -0.1) is 0 Å². The fourth-order valence-electron chi connectivity index (χ4n) is 2.36. The summed E-state index contributed by atoms with van der Waals surface area (Å²) in [5.74, 6) is 0. The normalized spacial score (nSPS) is 13.1. The molecule has 1 aromatic heterocycles. The van der Waals surface area contributed by atoms with Crippen molar-refractivity contribution in [1.82, 2.24) is 4.72 Å². The molecule has 0 spiro atoms. The molecule has 0 saturated carbocycles. The third-order valence-corrected chi connectivity index (χ3v) is 5.61. The second-order valence-electron chi connectivity index (χ2n) is 5.35. The van der Waals surface area contributed by atoms with Crippen LogP contribution in [0.1, 0.15) is 18.5 Å². The van der Waals surface area contributed by atoms with Gasteiger partial charge in [-0.3, -0.25) is 0 Å². The van der Waals surface area contributed by atoms with Crippen LogP contribution in [-0.4, -0.2) is 8.42 Å². The van der Waals surface area contributed by atoms with Crippen molar-refractivity contribution >= 4 is 36.9 Å². The van der Waals surface area contributed by atoms with Gasteiger partial charge in [0.25, 0.3) is 0 Å². The third-order valence-electron chi connectivity index (χ3n) is 3.58. The Hall–Kier alpha value is -1.96. The molecule has 7 heteroatoms. The fraction of sp³-hybridized carbons (Fsp3) is 0.118. The van der Waals surface area contributed by atoms with Crippen molar-refractivity contribution in [3.8, 4) is 0 Å². The van der Waals surface area contributed by atoms with Gasteiger partial charge in [0.15, 0.2) is 0 Å². The molecule has 0 aliphatic heterocycles. The minimum absolute atomic E-state index is 0.116. The number of hydrogen-bond acceptors (Lipinski definition) is 4. The quantitative estimate of drug-likeness (QED) is 0.670. The van der Waals surface area contributed by atoms with Crippen LogP contribution in [0.5, 0.6) is 0 Å². The molecule has 1 heterocycles. The Morgan fingerprint density at radius 1 is 1.08 bits per heavy atom. The van der Waals surface area contributed by atoms with Crippen LogP contribution in [0.2, 0.25) is 0 Å². The van der Waals surface area contributed by atoms with E-state index in [4.69, 9.17) is 4.42 Å². The Kier molecular flexibility index (Phi) is 4.58. The highest BCUT2D eigenvalue weighted by Gasteiger charge is 2.19. The molecule has 24 heavy (non-hydrogen) atoms. The lowest BCUT2D eigenvalue weighted by molar-refractivity contribution is 0.559. The highest BCUT2D eigenvalue weighted by molar-refractivity contribution is 9.10. The average molecular weight is 408 g/mol. The molecule has 0 amide bonds. The second kappa shape index (κ2) is 6.51. The van der Waals surface area contributed by atoms with E-state index in [0.717, 1.165) is 10.0 Å². The Balaban J connectivity index is 1.92. The van der Waals surface area contributed by atoms with Crippen molar-refractivity contribution in [2.45, 2.75) is 17.9 Å². The maximum atomic E-state index is 12.6. The van der Waals surface area contributed by atoms with E-state index in [2.05, 4.69) is 20.7 Å². The molecule has 3 rings (SSSR count). The number of rotatable bonds is 4. The standard InChI is InChI=1S/C17H14BrNO4S/c1-11(12-3-2-4-14(18)9-12)19-24(21,22)15-6-7-16-13(10-15)5-8-17(20)23-16/h2-11,19H,1H3. The van der Waals surface area contributed by atoms with Gasteiger partial charge in [0.2, 0.25) is 10.0 Å². The molecular weight excluding hydrogens is 394 g/mol. The zero-order valence-electron chi connectivity index (χ0n) is 12.7. The van der Waals surface area contributed by atoms with Crippen LogP contribution in [0.15, 0.2) is 73.2 Å². The average Bonchev–Trinajstić information content (AvgIpc) is 2.53. The van der Waals surface area contributed by atoms with E-state index in [9.17, 15) is 13.2 Å². The van der Waals surface area contributed by atoms with Gasteiger partial charge in [-0.1, -0.05) is 28.1 Å². The largest absolute Gasteiger partial charge is 0.423 e. The first kappa shape index (κ1) is 16.9. The molecule has 1 N–H and O–H groups in total. The molecule has 3 aromatic rings. The zero-order valence-corrected chi connectivity index (χ0v) is 15.1. The van der Waals surface area contributed by atoms with Gasteiger partial charge in [-0.2, -0.15) is 0 Å². The van der Waals surface area contributed by atoms with Gasteiger partial charge >= 0.3 is 5.63 Å². The zero-order chi connectivity index (χ0) is 17.3. The van der Waals surface area contributed by atoms with E-state index in [0.29, 0.717) is 11.0 Å². The van der Waals surface area contributed by atoms with Gasteiger partial charge in [0.1, 0.15) is 5.58 Å². The number of nitrogens with one attached hydrogen (secondary N) is 1. The van der Waals surface area contributed by atoms with Crippen LogP contribution in [0.3, 0.4) is 0 Å². The number of hydrogen-bond donors (Lipinski definition) is 1. The molecule has 5 nitrogen and oxygen atoms in total. The van der Waals surface area contributed by atoms with E-state index in [1.165, 1.54) is 30.3 Å². The summed E-state index contributed by atoms with van der Waals surface area (Å²) in [5, 5.41) is 0.549. The third kappa shape index (κ3) is 3.58. The van der Waals surface area contributed by atoms with Gasteiger partial charge in [0.05, 0.1) is 4.90 Å². The summed E-state index contributed by atoms with van der Waals surface area (Å²) in [6, 6.07) is 14.2. The Bertz CT molecular complexity index is 1060. The first-order valence-electron chi connectivity index (χ1n) is 7.17. The lowest BCUT2D eigenvalue weighted by atomic mass is 10.1. The lowest BCUT2D eigenvalue weighted by Gasteiger charge is -2.15. The van der Waals surface area contributed by atoms with Gasteiger partial charge in [-0.05, 0) is 48.9 Å². The lowest BCUT2D eigenvalue weighted by Crippen LogP contribution is -2.26. The van der Waals surface area contributed by atoms with Gasteiger partial charge in [-0.25, -0.2) is 17.9 Å². The minimum Gasteiger partial charge on any atom is -0.423 e. The van der Waals surface area contributed by atoms with Crippen molar-refractivity contribution in [1.29, 1.82) is 0 Å². The van der Waals surface area contributed by atoms with Crippen molar-refractivity contribution in [3.63, 3.8) is 0 Å². The molecule has 0 saturated heterocycles. The summed E-state index contributed by atoms with van der Waals surface area (Å²) in [5.41, 5.74) is 0.723. The van der Waals surface area contributed by atoms with Crippen LogP contribution in [0.4, 0.5) is 0 Å². The predicted molar refractivity (Wildman–Crippen MR) is 95.4 cm³/mol. The summed E-state index contributed by atoms with van der Waals surface area (Å²) in [7, 11) is -3.71. The second-order valence-corrected chi connectivity index (χ2v) is 7.98. The number of halogens is 1. The number of sulfonamides is 1. The maximum absolute atomic E-state index is 12.6. The number of benzene rings is 2. The molecule has 0 aliphatic rings. The van der Waals surface area contributed by atoms with Crippen LogP contribution < -0.4 is 10.3 Å². The van der Waals surface area contributed by atoms with E-state index >= 15 is 0 Å². The summed E-state index contributed by atoms with van der Waals surface area (Å²) in [6.07, 6.45) is 0. The van der Waals surface area contributed by atoms with Crippen molar-refractivity contribution in [2.75, 3.05) is 0 Å². The molecule has 0 radical (unpaired) electrons. The van der Waals surface area contributed by atoms with Crippen LogP contribution >= 0.6 is 15.9 Å². The summed E-state index contributed by atoms with van der Waals surface area (Å²) in [4.78, 5) is 11.3. The van der Waals surface area contributed by atoms with Crippen molar-refractivity contribution in [2.24, 2.45) is 0 Å². The molecule has 0 aliphatic carbocycles. The Morgan fingerprint density at radius 3 is 2.62 bits per heavy atom. The molecule has 2 aromatic carbocycles. The van der Waals surface area contributed by atoms with Crippen LogP contribution in [-0.2, 0) is 10.0 Å². The summed E-state index contributed by atoms with van der Waals surface area (Å²) >= 11 is 3.37. The minimum atomic E-state index is -3.71. The monoisotopic (exact) mass is 407 g/mol. The highest BCUT2D eigenvalue weighted by atomic mass is 79.9. The van der Waals surface area contributed by atoms with Gasteiger partial charge < -0.3 is 4.42 Å². The predicted octanol–water partition coefficient (Wildman–Crippen LogP) is 3.60.